The molecule has 27 heavy (non-hydrogen) atoms. The van der Waals surface area contributed by atoms with Crippen molar-refractivity contribution < 1.29 is 9.47 Å². The second-order valence-corrected chi connectivity index (χ2v) is 5.90. The number of aromatic nitrogens is 4. The fourth-order valence-electron chi connectivity index (χ4n) is 2.15. The van der Waals surface area contributed by atoms with Crippen LogP contribution in [0.15, 0.2) is 18.5 Å². The van der Waals surface area contributed by atoms with E-state index in [1.165, 1.54) is 12.4 Å². The third kappa shape index (κ3) is 6.02. The molecule has 4 rings (SSSR count). The Morgan fingerprint density at radius 1 is 1.19 bits per heavy atom. The van der Waals surface area contributed by atoms with Crippen LogP contribution in [0, 0.1) is 11.3 Å². The highest BCUT2D eigenvalue weighted by molar-refractivity contribution is 5.61. The molecule has 2 fully saturated rings. The molecule has 1 aliphatic heterocycles. The molecule has 0 amide bonds. The molecule has 10 heteroatoms. The SMILES string of the molecule is C1COCCN1.CNc1cc(Nc2cnc(C#N)cn2)nnc1OC1CC1. The van der Waals surface area contributed by atoms with Gasteiger partial charge in [-0.25, -0.2) is 9.97 Å². The molecule has 142 valence electrons. The van der Waals surface area contributed by atoms with Crippen LogP contribution in [0.3, 0.4) is 0 Å². The summed E-state index contributed by atoms with van der Waals surface area (Å²) in [6.45, 7) is 3.83. The third-order valence-electron chi connectivity index (χ3n) is 3.70. The zero-order valence-corrected chi connectivity index (χ0v) is 15.1. The number of hydrogen-bond donors (Lipinski definition) is 3. The van der Waals surface area contributed by atoms with Gasteiger partial charge in [0.15, 0.2) is 11.5 Å². The molecule has 0 aromatic carbocycles. The fraction of sp³-hybridized carbons (Fsp3) is 0.471. The van der Waals surface area contributed by atoms with Gasteiger partial charge in [0.2, 0.25) is 0 Å². The zero-order valence-electron chi connectivity index (χ0n) is 15.1. The number of rotatable bonds is 5. The molecular formula is C17H22N8O2. The van der Waals surface area contributed by atoms with E-state index in [4.69, 9.17) is 14.7 Å². The van der Waals surface area contributed by atoms with Crippen molar-refractivity contribution in [3.8, 4) is 11.9 Å². The van der Waals surface area contributed by atoms with Gasteiger partial charge in [-0.3, -0.25) is 0 Å². The molecule has 1 saturated carbocycles. The summed E-state index contributed by atoms with van der Waals surface area (Å²) in [4.78, 5) is 7.99. The number of ether oxygens (including phenoxy) is 2. The Balaban J connectivity index is 0.000000299. The van der Waals surface area contributed by atoms with E-state index in [1.807, 2.05) is 6.07 Å². The lowest BCUT2D eigenvalue weighted by Crippen LogP contribution is -2.30. The molecule has 0 atom stereocenters. The first-order valence-electron chi connectivity index (χ1n) is 8.78. The average molecular weight is 370 g/mol. The molecule has 2 aromatic heterocycles. The number of nitriles is 1. The summed E-state index contributed by atoms with van der Waals surface area (Å²) < 4.78 is 10.7. The van der Waals surface area contributed by atoms with Crippen molar-refractivity contribution >= 4 is 17.3 Å². The smallest absolute Gasteiger partial charge is 0.257 e. The Kier molecular flexibility index (Phi) is 6.67. The Bertz CT molecular complexity index is 758. The predicted octanol–water partition coefficient (Wildman–Crippen LogP) is 1.07. The van der Waals surface area contributed by atoms with Gasteiger partial charge in [-0.1, -0.05) is 0 Å². The molecule has 0 radical (unpaired) electrons. The number of morpholine rings is 1. The number of nitrogens with zero attached hydrogens (tertiary/aromatic N) is 5. The molecular weight excluding hydrogens is 348 g/mol. The minimum absolute atomic E-state index is 0.259. The molecule has 2 aliphatic rings. The van der Waals surface area contributed by atoms with Crippen molar-refractivity contribution in [2.24, 2.45) is 0 Å². The van der Waals surface area contributed by atoms with E-state index in [9.17, 15) is 0 Å². The highest BCUT2D eigenvalue weighted by atomic mass is 16.5. The van der Waals surface area contributed by atoms with Gasteiger partial charge in [-0.15, -0.1) is 10.2 Å². The molecule has 10 nitrogen and oxygen atoms in total. The lowest BCUT2D eigenvalue weighted by atomic mass is 10.4. The third-order valence-corrected chi connectivity index (χ3v) is 3.70. The maximum Gasteiger partial charge on any atom is 0.257 e. The van der Waals surface area contributed by atoms with Gasteiger partial charge in [0.25, 0.3) is 5.88 Å². The van der Waals surface area contributed by atoms with Crippen LogP contribution in [0.5, 0.6) is 5.88 Å². The van der Waals surface area contributed by atoms with Gasteiger partial charge in [0, 0.05) is 26.2 Å². The fourth-order valence-corrected chi connectivity index (χ4v) is 2.15. The summed E-state index contributed by atoms with van der Waals surface area (Å²) in [7, 11) is 1.79. The summed E-state index contributed by atoms with van der Waals surface area (Å²) in [5.74, 6) is 1.50. The first kappa shape index (κ1) is 18.8. The molecule has 1 aliphatic carbocycles. The van der Waals surface area contributed by atoms with Crippen LogP contribution < -0.4 is 20.7 Å². The van der Waals surface area contributed by atoms with Gasteiger partial charge in [0.05, 0.1) is 25.6 Å². The summed E-state index contributed by atoms with van der Waals surface area (Å²) >= 11 is 0. The number of nitrogens with one attached hydrogen (secondary N) is 3. The van der Waals surface area contributed by atoms with E-state index < -0.39 is 0 Å². The molecule has 0 spiro atoms. The first-order valence-corrected chi connectivity index (χ1v) is 8.78. The quantitative estimate of drug-likeness (QED) is 0.702. The normalized spacial score (nSPS) is 15.7. The monoisotopic (exact) mass is 370 g/mol. The van der Waals surface area contributed by atoms with Crippen LogP contribution >= 0.6 is 0 Å². The Labute approximate surface area is 157 Å². The molecule has 3 N–H and O–H groups in total. The molecule has 0 bridgehead atoms. The van der Waals surface area contributed by atoms with Gasteiger partial charge in [-0.2, -0.15) is 5.26 Å². The average Bonchev–Trinajstić information content (AvgIpc) is 3.55. The van der Waals surface area contributed by atoms with E-state index in [0.29, 0.717) is 17.5 Å². The Hall–Kier alpha value is -3.03. The van der Waals surface area contributed by atoms with Crippen LogP contribution in [-0.4, -0.2) is 59.6 Å². The molecule has 2 aromatic rings. The minimum Gasteiger partial charge on any atom is -0.472 e. The van der Waals surface area contributed by atoms with Crippen LogP contribution in [-0.2, 0) is 4.74 Å². The van der Waals surface area contributed by atoms with E-state index in [1.54, 1.807) is 13.1 Å². The van der Waals surface area contributed by atoms with Crippen LogP contribution in [0.1, 0.15) is 18.5 Å². The zero-order chi connectivity index (χ0) is 18.9. The predicted molar refractivity (Wildman–Crippen MR) is 98.9 cm³/mol. The van der Waals surface area contributed by atoms with Gasteiger partial charge in [-0.05, 0) is 12.8 Å². The van der Waals surface area contributed by atoms with E-state index >= 15 is 0 Å². The van der Waals surface area contributed by atoms with Crippen LogP contribution in [0.25, 0.3) is 0 Å². The van der Waals surface area contributed by atoms with Crippen molar-refractivity contribution in [3.05, 3.63) is 24.2 Å². The minimum atomic E-state index is 0.259. The van der Waals surface area contributed by atoms with Gasteiger partial charge in [0.1, 0.15) is 23.7 Å². The van der Waals surface area contributed by atoms with Crippen molar-refractivity contribution in [2.75, 3.05) is 44.0 Å². The van der Waals surface area contributed by atoms with Crippen molar-refractivity contribution in [1.82, 2.24) is 25.5 Å². The first-order chi connectivity index (χ1) is 13.3. The van der Waals surface area contributed by atoms with E-state index in [-0.39, 0.29) is 11.8 Å². The number of hydrogen-bond acceptors (Lipinski definition) is 10. The maximum atomic E-state index is 8.68. The Morgan fingerprint density at radius 3 is 2.52 bits per heavy atom. The van der Waals surface area contributed by atoms with Crippen molar-refractivity contribution in [1.29, 1.82) is 5.26 Å². The molecule has 0 unspecified atom stereocenters. The number of anilines is 3. The van der Waals surface area contributed by atoms with E-state index in [2.05, 4.69) is 36.1 Å². The lowest BCUT2D eigenvalue weighted by molar-refractivity contribution is 0.109. The van der Waals surface area contributed by atoms with Crippen molar-refractivity contribution in [3.63, 3.8) is 0 Å². The highest BCUT2D eigenvalue weighted by Crippen LogP contribution is 2.31. The molecule has 3 heterocycles. The highest BCUT2D eigenvalue weighted by Gasteiger charge is 2.25. The van der Waals surface area contributed by atoms with E-state index in [0.717, 1.165) is 44.8 Å². The van der Waals surface area contributed by atoms with Crippen LogP contribution in [0.2, 0.25) is 0 Å². The standard InChI is InChI=1S/C13H13N7O.C4H9NO/c1-15-10-4-11(19-20-13(10)21-9-2-3-9)18-12-7-16-8(5-14)6-17-12;1-3-6-4-2-5-1/h4,6-7,9H,2-3H2,1H3,(H2,15,17,18,19);5H,1-4H2. The second-order valence-electron chi connectivity index (χ2n) is 5.90. The lowest BCUT2D eigenvalue weighted by Gasteiger charge is -2.10. The topological polar surface area (TPSA) is 130 Å². The second kappa shape index (κ2) is 9.61. The Morgan fingerprint density at radius 2 is 2.00 bits per heavy atom. The maximum absolute atomic E-state index is 8.68. The van der Waals surface area contributed by atoms with Gasteiger partial charge < -0.3 is 25.4 Å². The summed E-state index contributed by atoms with van der Waals surface area (Å²) in [5, 5.41) is 25.9. The van der Waals surface area contributed by atoms with Crippen molar-refractivity contribution in [2.45, 2.75) is 18.9 Å². The summed E-state index contributed by atoms with van der Waals surface area (Å²) in [5.41, 5.74) is 1.01. The largest absolute Gasteiger partial charge is 0.472 e. The van der Waals surface area contributed by atoms with Gasteiger partial charge >= 0.3 is 0 Å². The van der Waals surface area contributed by atoms with Crippen LogP contribution in [0.4, 0.5) is 17.3 Å². The summed E-state index contributed by atoms with van der Waals surface area (Å²) in [6, 6.07) is 3.69. The molecule has 1 saturated heterocycles. The summed E-state index contributed by atoms with van der Waals surface area (Å²) in [6.07, 6.45) is 5.24.